The standard InChI is InChI=1S/C37H43ClN6O7/c1-3-50-35(47)27-8-9-32(39-23-27)41-16-18-42(19-17-41)34(46)31(22-25-20-24(2)33(45)29(38)21-25)51-37(49)43-13-11-28(12-14-43)44-15-10-26-6-4-5-7-30(26)40-36(44)48/h4-9,20-21,23,28,31,45H,3,10-19,22H2,1-2H3,(H,40,48)/t31-/m1/s1. The van der Waals surface area contributed by atoms with Crippen molar-refractivity contribution in [3.05, 3.63) is 82.0 Å². The monoisotopic (exact) mass is 718 g/mol. The van der Waals surface area contributed by atoms with Crippen molar-refractivity contribution in [2.45, 2.75) is 51.7 Å². The summed E-state index contributed by atoms with van der Waals surface area (Å²) in [5.74, 6) is -0.118. The van der Waals surface area contributed by atoms with Crippen molar-refractivity contribution in [2.24, 2.45) is 0 Å². The van der Waals surface area contributed by atoms with Crippen molar-refractivity contribution in [1.29, 1.82) is 0 Å². The van der Waals surface area contributed by atoms with E-state index in [0.29, 0.717) is 81.2 Å². The molecule has 1 atom stereocenters. The van der Waals surface area contributed by atoms with Crippen molar-refractivity contribution in [1.82, 2.24) is 19.7 Å². The normalized spacial score (nSPS) is 17.3. The molecule has 0 aliphatic carbocycles. The number of benzene rings is 2. The van der Waals surface area contributed by atoms with Crippen molar-refractivity contribution >= 4 is 47.1 Å². The Balaban J connectivity index is 1.09. The van der Waals surface area contributed by atoms with Crippen LogP contribution in [-0.2, 0) is 27.1 Å². The zero-order valence-corrected chi connectivity index (χ0v) is 29.6. The van der Waals surface area contributed by atoms with E-state index in [-0.39, 0.29) is 41.8 Å². The summed E-state index contributed by atoms with van der Waals surface area (Å²) in [6.07, 6.45) is 1.75. The Morgan fingerprint density at radius 1 is 1.00 bits per heavy atom. The molecule has 6 rings (SSSR count). The Labute approximate surface area is 302 Å². The number of amides is 4. The molecule has 2 aromatic carbocycles. The molecule has 4 heterocycles. The van der Waals surface area contributed by atoms with Crippen LogP contribution in [0.15, 0.2) is 54.7 Å². The molecule has 0 saturated carbocycles. The van der Waals surface area contributed by atoms with Crippen LogP contribution in [0.1, 0.15) is 46.8 Å². The van der Waals surface area contributed by atoms with Gasteiger partial charge in [0.05, 0.1) is 17.2 Å². The fourth-order valence-electron chi connectivity index (χ4n) is 6.88. The number of hydrogen-bond acceptors (Lipinski definition) is 9. The van der Waals surface area contributed by atoms with Crippen LogP contribution in [0.25, 0.3) is 0 Å². The number of halogens is 1. The van der Waals surface area contributed by atoms with Crippen LogP contribution < -0.4 is 10.2 Å². The summed E-state index contributed by atoms with van der Waals surface area (Å²) in [6.45, 7) is 6.81. The number of anilines is 2. The Morgan fingerprint density at radius 2 is 1.75 bits per heavy atom. The lowest BCUT2D eigenvalue weighted by Gasteiger charge is -2.39. The second-order valence-corrected chi connectivity index (χ2v) is 13.4. The number of pyridine rings is 1. The van der Waals surface area contributed by atoms with Gasteiger partial charge in [0.25, 0.3) is 5.91 Å². The largest absolute Gasteiger partial charge is 0.506 e. The number of carbonyl (C=O) groups excluding carboxylic acids is 4. The average Bonchev–Trinajstić information content (AvgIpc) is 3.31. The molecule has 3 aromatic rings. The molecule has 14 heteroatoms. The molecule has 2 N–H and O–H groups in total. The van der Waals surface area contributed by atoms with Crippen molar-refractivity contribution in [2.75, 3.05) is 62.6 Å². The van der Waals surface area contributed by atoms with E-state index in [1.165, 1.54) is 6.20 Å². The van der Waals surface area contributed by atoms with E-state index in [1.54, 1.807) is 47.9 Å². The number of para-hydroxylation sites is 1. The molecular formula is C37H43ClN6O7. The van der Waals surface area contributed by atoms with Crippen LogP contribution in [-0.4, -0.2) is 113 Å². The molecule has 2 saturated heterocycles. The number of esters is 1. The third-order valence-electron chi connectivity index (χ3n) is 9.73. The minimum absolute atomic E-state index is 0.0324. The Kier molecular flexibility index (Phi) is 11.1. The molecule has 3 aliphatic heterocycles. The predicted octanol–water partition coefficient (Wildman–Crippen LogP) is 4.88. The zero-order valence-electron chi connectivity index (χ0n) is 28.8. The minimum atomic E-state index is -1.13. The third-order valence-corrected chi connectivity index (χ3v) is 10.0. The molecule has 270 valence electrons. The van der Waals surface area contributed by atoms with Crippen LogP contribution in [0.2, 0.25) is 5.02 Å². The molecule has 0 spiro atoms. The van der Waals surface area contributed by atoms with Crippen LogP contribution in [0.5, 0.6) is 5.75 Å². The third kappa shape index (κ3) is 8.30. The van der Waals surface area contributed by atoms with E-state index in [2.05, 4.69) is 10.3 Å². The van der Waals surface area contributed by atoms with Gasteiger partial charge < -0.3 is 39.5 Å². The predicted molar refractivity (Wildman–Crippen MR) is 191 cm³/mol. The van der Waals surface area contributed by atoms with Crippen LogP contribution >= 0.6 is 11.6 Å². The highest BCUT2D eigenvalue weighted by Gasteiger charge is 2.35. The number of hydrogen-bond donors (Lipinski definition) is 2. The molecule has 0 radical (unpaired) electrons. The van der Waals surface area contributed by atoms with Gasteiger partial charge in [-0.2, -0.15) is 0 Å². The van der Waals surface area contributed by atoms with Crippen molar-refractivity contribution < 1.29 is 33.8 Å². The van der Waals surface area contributed by atoms with Gasteiger partial charge in [0.1, 0.15) is 11.6 Å². The highest BCUT2D eigenvalue weighted by atomic mass is 35.5. The number of aromatic nitrogens is 1. The number of aromatic hydroxyl groups is 1. The number of nitrogens with one attached hydrogen (secondary N) is 1. The smallest absolute Gasteiger partial charge is 0.410 e. The summed E-state index contributed by atoms with van der Waals surface area (Å²) in [6, 6.07) is 14.4. The fraction of sp³-hybridized carbons (Fsp3) is 0.432. The number of urea groups is 1. The number of piperidine rings is 1. The topological polar surface area (TPSA) is 145 Å². The summed E-state index contributed by atoms with van der Waals surface area (Å²) in [5.41, 5.74) is 3.49. The second kappa shape index (κ2) is 15.9. The van der Waals surface area contributed by atoms with Crippen LogP contribution in [0.3, 0.4) is 0 Å². The van der Waals surface area contributed by atoms with Crippen molar-refractivity contribution in [3.63, 3.8) is 0 Å². The Hall–Kier alpha value is -5.04. The minimum Gasteiger partial charge on any atom is -0.506 e. The van der Waals surface area contributed by atoms with E-state index in [9.17, 15) is 24.3 Å². The number of rotatable bonds is 8. The zero-order chi connectivity index (χ0) is 36.1. The summed E-state index contributed by atoms with van der Waals surface area (Å²) in [4.78, 5) is 64.3. The van der Waals surface area contributed by atoms with E-state index in [1.807, 2.05) is 34.1 Å². The summed E-state index contributed by atoms with van der Waals surface area (Å²) >= 11 is 6.27. The van der Waals surface area contributed by atoms with E-state index in [0.717, 1.165) is 17.7 Å². The molecule has 0 bridgehead atoms. The van der Waals surface area contributed by atoms with Crippen LogP contribution in [0.4, 0.5) is 21.1 Å². The lowest BCUT2D eigenvalue weighted by Crippen LogP contribution is -2.54. The lowest BCUT2D eigenvalue weighted by atomic mass is 10.0. The number of ether oxygens (including phenoxy) is 2. The number of likely N-dealkylation sites (tertiary alicyclic amines) is 1. The number of phenols is 1. The maximum atomic E-state index is 14.0. The Morgan fingerprint density at radius 3 is 2.43 bits per heavy atom. The van der Waals surface area contributed by atoms with Crippen LogP contribution in [0, 0.1) is 6.92 Å². The van der Waals surface area contributed by atoms with Crippen molar-refractivity contribution in [3.8, 4) is 5.75 Å². The SMILES string of the molecule is CCOC(=O)c1ccc(N2CCN(C(=O)[C@@H](Cc3cc(C)c(O)c(Cl)c3)OC(=O)N3CCC(N4CCc5ccccc5NC4=O)CC3)CC2)nc1. The molecule has 3 aliphatic rings. The maximum Gasteiger partial charge on any atom is 0.410 e. The number of aryl methyl sites for hydroxylation is 1. The van der Waals surface area contributed by atoms with Gasteiger partial charge in [-0.1, -0.05) is 35.9 Å². The summed E-state index contributed by atoms with van der Waals surface area (Å²) in [7, 11) is 0. The van der Waals surface area contributed by atoms with E-state index >= 15 is 0 Å². The molecule has 0 unspecified atom stereocenters. The Bertz CT molecular complexity index is 1730. The number of fused-ring (bicyclic) bond motifs is 1. The highest BCUT2D eigenvalue weighted by molar-refractivity contribution is 6.32. The first-order valence-electron chi connectivity index (χ1n) is 17.4. The first-order valence-corrected chi connectivity index (χ1v) is 17.7. The molecule has 2 fully saturated rings. The lowest BCUT2D eigenvalue weighted by molar-refractivity contribution is -0.141. The van der Waals surface area contributed by atoms with Gasteiger partial charge in [0.2, 0.25) is 0 Å². The van der Waals surface area contributed by atoms with E-state index < -0.39 is 18.2 Å². The molecule has 51 heavy (non-hydrogen) atoms. The first kappa shape index (κ1) is 35.8. The first-order chi connectivity index (χ1) is 24.6. The fourth-order valence-corrected chi connectivity index (χ4v) is 7.17. The summed E-state index contributed by atoms with van der Waals surface area (Å²) in [5, 5.41) is 13.4. The molecule has 13 nitrogen and oxygen atoms in total. The quantitative estimate of drug-likeness (QED) is 0.312. The van der Waals surface area contributed by atoms with Gasteiger partial charge in [-0.05, 0) is 74.1 Å². The second-order valence-electron chi connectivity index (χ2n) is 13.0. The average molecular weight is 719 g/mol. The van der Waals surface area contributed by atoms with Gasteiger partial charge in [-0.3, -0.25) is 4.79 Å². The van der Waals surface area contributed by atoms with Gasteiger partial charge >= 0.3 is 18.1 Å². The van der Waals surface area contributed by atoms with Gasteiger partial charge in [-0.15, -0.1) is 0 Å². The number of carbonyl (C=O) groups is 4. The van der Waals surface area contributed by atoms with Gasteiger partial charge in [-0.25, -0.2) is 19.4 Å². The maximum absolute atomic E-state index is 14.0. The molecule has 1 aromatic heterocycles. The highest BCUT2D eigenvalue weighted by Crippen LogP contribution is 2.30. The summed E-state index contributed by atoms with van der Waals surface area (Å²) < 4.78 is 11.0. The van der Waals surface area contributed by atoms with E-state index in [4.69, 9.17) is 21.1 Å². The van der Waals surface area contributed by atoms with Gasteiger partial charge in [0.15, 0.2) is 6.10 Å². The number of piperazine rings is 1. The van der Waals surface area contributed by atoms with Gasteiger partial charge in [0, 0.05) is 70.2 Å². The molecular weight excluding hydrogens is 676 g/mol. The number of nitrogens with zero attached hydrogens (tertiary/aromatic N) is 5. The number of phenolic OH excluding ortho intramolecular Hbond substituents is 1. The molecule has 4 amide bonds.